The van der Waals surface area contributed by atoms with Crippen LogP contribution in [-0.4, -0.2) is 43.6 Å². The minimum absolute atomic E-state index is 0.0545. The van der Waals surface area contributed by atoms with Gasteiger partial charge < -0.3 is 10.1 Å². The number of nitrogens with zero attached hydrogens (tertiary/aromatic N) is 2. The molecule has 0 radical (unpaired) electrons. The molecule has 5 nitrogen and oxygen atoms in total. The lowest BCUT2D eigenvalue weighted by atomic mass is 10.0. The van der Waals surface area contributed by atoms with Crippen LogP contribution in [0.5, 0.6) is 5.75 Å². The topological polar surface area (TPSA) is 65.4 Å². The lowest BCUT2D eigenvalue weighted by molar-refractivity contribution is -0.121. The third-order valence-electron chi connectivity index (χ3n) is 3.77. The van der Waals surface area contributed by atoms with Crippen LogP contribution in [-0.2, 0) is 11.2 Å². The molecule has 1 amide bonds. The summed E-state index contributed by atoms with van der Waals surface area (Å²) >= 11 is 0. The minimum Gasteiger partial charge on any atom is -0.497 e. The third-order valence-corrected chi connectivity index (χ3v) is 3.77. The number of rotatable bonds is 5. The highest BCUT2D eigenvalue weighted by atomic mass is 16.5. The number of ether oxygens (including phenoxy) is 1. The van der Waals surface area contributed by atoms with Crippen LogP contribution in [0.2, 0.25) is 0 Å². The summed E-state index contributed by atoms with van der Waals surface area (Å²) in [5, 5.41) is 11.7. The Morgan fingerprint density at radius 1 is 1.38 bits per heavy atom. The van der Waals surface area contributed by atoms with Crippen molar-refractivity contribution in [3.63, 3.8) is 0 Å². The van der Waals surface area contributed by atoms with Gasteiger partial charge in [0.05, 0.1) is 26.1 Å². The molecule has 0 aliphatic carbocycles. The highest BCUT2D eigenvalue weighted by Crippen LogP contribution is 2.13. The predicted octanol–water partition coefficient (Wildman–Crippen LogP) is 1.34. The summed E-state index contributed by atoms with van der Waals surface area (Å²) in [6.07, 6.45) is 2.22. The Morgan fingerprint density at radius 2 is 2.05 bits per heavy atom. The molecule has 1 aliphatic rings. The fourth-order valence-corrected chi connectivity index (χ4v) is 2.54. The standard InChI is InChI=1S/C16H21N3O2/c1-21-15-4-2-13(3-5-15)12-16(20)18-14-6-9-19(10-7-14)11-8-17/h2-5,14H,6-7,9-12H2,1H3,(H,18,20). The molecule has 1 aliphatic heterocycles. The molecule has 21 heavy (non-hydrogen) atoms. The maximum absolute atomic E-state index is 12.0. The molecule has 1 N–H and O–H groups in total. The molecule has 0 atom stereocenters. The summed E-state index contributed by atoms with van der Waals surface area (Å²) in [5.74, 6) is 0.850. The van der Waals surface area contributed by atoms with Gasteiger partial charge in [-0.05, 0) is 30.5 Å². The van der Waals surface area contributed by atoms with Crippen molar-refractivity contribution in [2.24, 2.45) is 0 Å². The second-order valence-corrected chi connectivity index (χ2v) is 5.30. The van der Waals surface area contributed by atoms with E-state index in [0.29, 0.717) is 13.0 Å². The van der Waals surface area contributed by atoms with E-state index in [9.17, 15) is 4.79 Å². The van der Waals surface area contributed by atoms with Crippen molar-refractivity contribution in [1.29, 1.82) is 5.26 Å². The van der Waals surface area contributed by atoms with Gasteiger partial charge in [-0.2, -0.15) is 5.26 Å². The lowest BCUT2D eigenvalue weighted by Crippen LogP contribution is -2.45. The molecule has 1 aromatic rings. The van der Waals surface area contributed by atoms with E-state index in [1.54, 1.807) is 7.11 Å². The van der Waals surface area contributed by atoms with Gasteiger partial charge in [0.1, 0.15) is 5.75 Å². The summed E-state index contributed by atoms with van der Waals surface area (Å²) in [4.78, 5) is 14.2. The Hall–Kier alpha value is -2.06. The fourth-order valence-electron chi connectivity index (χ4n) is 2.54. The van der Waals surface area contributed by atoms with Crippen molar-refractivity contribution < 1.29 is 9.53 Å². The minimum atomic E-state index is 0.0545. The fraction of sp³-hybridized carbons (Fsp3) is 0.500. The molecule has 0 bridgehead atoms. The number of carbonyl (C=O) groups excluding carboxylic acids is 1. The van der Waals surface area contributed by atoms with Crippen LogP contribution in [0, 0.1) is 11.3 Å². The second kappa shape index (κ2) is 7.65. The Balaban J connectivity index is 1.76. The number of likely N-dealkylation sites (tertiary alicyclic amines) is 1. The molecule has 112 valence electrons. The zero-order valence-corrected chi connectivity index (χ0v) is 12.3. The van der Waals surface area contributed by atoms with Gasteiger partial charge in [0.2, 0.25) is 5.91 Å². The average molecular weight is 287 g/mol. The van der Waals surface area contributed by atoms with Gasteiger partial charge in [-0.15, -0.1) is 0 Å². The van der Waals surface area contributed by atoms with Gasteiger partial charge in [-0.3, -0.25) is 9.69 Å². The van der Waals surface area contributed by atoms with Crippen molar-refractivity contribution in [3.05, 3.63) is 29.8 Å². The first-order chi connectivity index (χ1) is 10.2. The molecule has 1 saturated heterocycles. The molecule has 2 rings (SSSR count). The lowest BCUT2D eigenvalue weighted by Gasteiger charge is -2.30. The SMILES string of the molecule is COc1ccc(CC(=O)NC2CCN(CC#N)CC2)cc1. The van der Waals surface area contributed by atoms with Crippen LogP contribution in [0.3, 0.4) is 0 Å². The highest BCUT2D eigenvalue weighted by molar-refractivity contribution is 5.78. The molecule has 1 fully saturated rings. The van der Waals surface area contributed by atoms with Crippen LogP contribution in [0.15, 0.2) is 24.3 Å². The largest absolute Gasteiger partial charge is 0.497 e. The quantitative estimate of drug-likeness (QED) is 0.830. The Labute approximate surface area is 125 Å². The molecule has 0 unspecified atom stereocenters. The number of hydrogen-bond acceptors (Lipinski definition) is 4. The van der Waals surface area contributed by atoms with E-state index in [1.807, 2.05) is 24.3 Å². The van der Waals surface area contributed by atoms with Gasteiger partial charge >= 0.3 is 0 Å². The molecule has 0 spiro atoms. The van der Waals surface area contributed by atoms with Gasteiger partial charge in [0.15, 0.2) is 0 Å². The first kappa shape index (κ1) is 15.3. The van der Waals surface area contributed by atoms with Crippen LogP contribution >= 0.6 is 0 Å². The first-order valence-corrected chi connectivity index (χ1v) is 7.23. The van der Waals surface area contributed by atoms with Crippen LogP contribution < -0.4 is 10.1 Å². The molecule has 1 heterocycles. The molecule has 5 heteroatoms. The summed E-state index contributed by atoms with van der Waals surface area (Å²) < 4.78 is 5.10. The maximum atomic E-state index is 12.0. The smallest absolute Gasteiger partial charge is 0.224 e. The first-order valence-electron chi connectivity index (χ1n) is 7.23. The van der Waals surface area contributed by atoms with E-state index < -0.39 is 0 Å². The zero-order chi connectivity index (χ0) is 15.1. The van der Waals surface area contributed by atoms with E-state index in [2.05, 4.69) is 16.3 Å². The number of benzene rings is 1. The van der Waals surface area contributed by atoms with E-state index in [0.717, 1.165) is 37.2 Å². The van der Waals surface area contributed by atoms with Crippen molar-refractivity contribution in [1.82, 2.24) is 10.2 Å². The number of methoxy groups -OCH3 is 1. The Morgan fingerprint density at radius 3 is 2.62 bits per heavy atom. The molecule has 0 aromatic heterocycles. The van der Waals surface area contributed by atoms with Gasteiger partial charge in [0, 0.05) is 19.1 Å². The highest BCUT2D eigenvalue weighted by Gasteiger charge is 2.20. The third kappa shape index (κ3) is 4.76. The summed E-state index contributed by atoms with van der Waals surface area (Å²) in [5.41, 5.74) is 0.982. The number of carbonyl (C=O) groups is 1. The molecular weight excluding hydrogens is 266 g/mol. The van der Waals surface area contributed by atoms with E-state index >= 15 is 0 Å². The van der Waals surface area contributed by atoms with E-state index in [-0.39, 0.29) is 11.9 Å². The van der Waals surface area contributed by atoms with Crippen molar-refractivity contribution in [2.75, 3.05) is 26.7 Å². The zero-order valence-electron chi connectivity index (χ0n) is 12.3. The normalized spacial score (nSPS) is 16.2. The number of hydrogen-bond donors (Lipinski definition) is 1. The Bertz CT molecular complexity index is 499. The summed E-state index contributed by atoms with van der Waals surface area (Å²) in [6.45, 7) is 2.23. The molecular formula is C16H21N3O2. The van der Waals surface area contributed by atoms with E-state index in [4.69, 9.17) is 10.00 Å². The Kier molecular flexibility index (Phi) is 5.59. The average Bonchev–Trinajstić information content (AvgIpc) is 2.50. The van der Waals surface area contributed by atoms with E-state index in [1.165, 1.54) is 0 Å². The van der Waals surface area contributed by atoms with Gasteiger partial charge in [-0.25, -0.2) is 0 Å². The molecule has 0 saturated carbocycles. The number of nitriles is 1. The second-order valence-electron chi connectivity index (χ2n) is 5.30. The summed E-state index contributed by atoms with van der Waals surface area (Å²) in [7, 11) is 1.63. The maximum Gasteiger partial charge on any atom is 0.224 e. The number of piperidine rings is 1. The number of nitrogens with one attached hydrogen (secondary N) is 1. The van der Waals surface area contributed by atoms with Gasteiger partial charge in [0.25, 0.3) is 0 Å². The van der Waals surface area contributed by atoms with Crippen LogP contribution in [0.25, 0.3) is 0 Å². The van der Waals surface area contributed by atoms with Crippen LogP contribution in [0.1, 0.15) is 18.4 Å². The number of amides is 1. The summed E-state index contributed by atoms with van der Waals surface area (Å²) in [6, 6.07) is 9.94. The predicted molar refractivity (Wildman–Crippen MR) is 79.9 cm³/mol. The van der Waals surface area contributed by atoms with Crippen molar-refractivity contribution >= 4 is 5.91 Å². The monoisotopic (exact) mass is 287 g/mol. The van der Waals surface area contributed by atoms with Crippen molar-refractivity contribution in [3.8, 4) is 11.8 Å². The van der Waals surface area contributed by atoms with Gasteiger partial charge in [-0.1, -0.05) is 12.1 Å². The van der Waals surface area contributed by atoms with Crippen molar-refractivity contribution in [2.45, 2.75) is 25.3 Å². The van der Waals surface area contributed by atoms with Crippen LogP contribution in [0.4, 0.5) is 0 Å². The molecule has 1 aromatic carbocycles.